The Hall–Kier alpha value is -2.69. The van der Waals surface area contributed by atoms with Crippen LogP contribution in [0.5, 0.6) is 0 Å². The second-order valence-electron chi connectivity index (χ2n) is 7.44. The van der Waals surface area contributed by atoms with Crippen LogP contribution in [0.4, 0.5) is 24.7 Å². The van der Waals surface area contributed by atoms with Crippen LogP contribution < -0.4 is 16.2 Å². The third-order valence-electron chi connectivity index (χ3n) is 5.61. The summed E-state index contributed by atoms with van der Waals surface area (Å²) in [5.41, 5.74) is 8.07. The van der Waals surface area contributed by atoms with Crippen molar-refractivity contribution in [2.75, 3.05) is 16.2 Å². The van der Waals surface area contributed by atoms with Crippen LogP contribution in [-0.4, -0.2) is 25.8 Å². The van der Waals surface area contributed by atoms with E-state index in [0.29, 0.717) is 40.6 Å². The van der Waals surface area contributed by atoms with Crippen molar-refractivity contribution < 1.29 is 22.2 Å². The molecule has 1 aliphatic heterocycles. The van der Waals surface area contributed by atoms with Gasteiger partial charge in [-0.1, -0.05) is 6.92 Å². The predicted octanol–water partition coefficient (Wildman–Crippen LogP) is 3.05. The van der Waals surface area contributed by atoms with Crippen LogP contribution in [0.25, 0.3) is 0 Å². The number of carbonyl (C=O) groups is 1. The minimum Gasteiger partial charge on any atom is -0.369 e. The first-order valence-electron chi connectivity index (χ1n) is 9.40. The SMILES string of the molecule is CCS(=O)c1cc(C2(C(N)=O)CC2)cnc1N1Nc2cc(C(F)(F)F)cnc2C1C. The van der Waals surface area contributed by atoms with Crippen LogP contribution in [-0.2, 0) is 27.2 Å². The highest BCUT2D eigenvalue weighted by Crippen LogP contribution is 2.49. The van der Waals surface area contributed by atoms with Gasteiger partial charge < -0.3 is 5.73 Å². The van der Waals surface area contributed by atoms with Crippen LogP contribution in [0, 0.1) is 0 Å². The van der Waals surface area contributed by atoms with Crippen LogP contribution in [0.2, 0.25) is 0 Å². The molecule has 2 atom stereocenters. The molecule has 11 heteroatoms. The van der Waals surface area contributed by atoms with E-state index in [4.69, 9.17) is 5.73 Å². The van der Waals surface area contributed by atoms with E-state index in [1.54, 1.807) is 24.9 Å². The second kappa shape index (κ2) is 6.93. The summed E-state index contributed by atoms with van der Waals surface area (Å²) in [7, 11) is -1.42. The molecule has 0 saturated heterocycles. The number of primary amides is 1. The van der Waals surface area contributed by atoms with Crippen molar-refractivity contribution in [2.45, 2.75) is 49.2 Å². The van der Waals surface area contributed by atoms with Gasteiger partial charge in [-0.15, -0.1) is 0 Å². The van der Waals surface area contributed by atoms with Crippen molar-refractivity contribution in [1.82, 2.24) is 9.97 Å². The van der Waals surface area contributed by atoms with Gasteiger partial charge in [0, 0.05) is 18.1 Å². The molecule has 1 fully saturated rings. The summed E-state index contributed by atoms with van der Waals surface area (Å²) in [6, 6.07) is 2.22. The van der Waals surface area contributed by atoms with Gasteiger partial charge in [-0.25, -0.2) is 4.98 Å². The van der Waals surface area contributed by atoms with Crippen molar-refractivity contribution in [3.05, 3.63) is 41.3 Å². The van der Waals surface area contributed by atoms with Gasteiger partial charge >= 0.3 is 6.18 Å². The number of alkyl halides is 3. The molecule has 7 nitrogen and oxygen atoms in total. The van der Waals surface area contributed by atoms with Gasteiger partial charge in [-0.05, 0) is 37.5 Å². The zero-order chi connectivity index (χ0) is 21.8. The van der Waals surface area contributed by atoms with E-state index < -0.39 is 39.9 Å². The minimum absolute atomic E-state index is 0.215. The molecule has 0 aromatic carbocycles. The molecule has 2 aromatic heterocycles. The maximum Gasteiger partial charge on any atom is 0.417 e. The third-order valence-corrected chi connectivity index (χ3v) is 6.93. The number of hydrogen-bond acceptors (Lipinski definition) is 6. The lowest BCUT2D eigenvalue weighted by atomic mass is 9.97. The number of fused-ring (bicyclic) bond motifs is 1. The van der Waals surface area contributed by atoms with Gasteiger partial charge in [0.05, 0.1) is 44.1 Å². The van der Waals surface area contributed by atoms with E-state index >= 15 is 0 Å². The van der Waals surface area contributed by atoms with Gasteiger partial charge in [0.2, 0.25) is 5.91 Å². The molecular formula is C19H20F3N5O2S. The summed E-state index contributed by atoms with van der Waals surface area (Å²) in [6.07, 6.45) is -0.977. The first-order valence-corrected chi connectivity index (χ1v) is 10.7. The molecule has 3 heterocycles. The molecule has 1 saturated carbocycles. The van der Waals surface area contributed by atoms with Gasteiger partial charge in [0.15, 0.2) is 5.82 Å². The zero-order valence-corrected chi connectivity index (χ0v) is 17.1. The fourth-order valence-corrected chi connectivity index (χ4v) is 4.57. The van der Waals surface area contributed by atoms with Crippen LogP contribution in [0.15, 0.2) is 29.4 Å². The quantitative estimate of drug-likeness (QED) is 0.743. The number of nitrogens with zero attached hydrogens (tertiary/aromatic N) is 3. The van der Waals surface area contributed by atoms with Gasteiger partial charge in [0.1, 0.15) is 0 Å². The number of halogens is 3. The molecule has 2 aliphatic rings. The lowest BCUT2D eigenvalue weighted by Gasteiger charge is -2.25. The van der Waals surface area contributed by atoms with E-state index in [0.717, 1.165) is 12.3 Å². The first-order chi connectivity index (χ1) is 14.1. The standard InChI is InChI=1S/C19H20F3N5O2S/c1-3-30(29)14-7-11(18(4-5-18)17(23)28)8-25-16(14)27-10(2)15-13(26-27)6-12(9-24-15)19(20,21)22/h6-10,26H,3-5H2,1-2H3,(H2,23,28). The smallest absolute Gasteiger partial charge is 0.369 e. The second-order valence-corrected chi connectivity index (χ2v) is 9.15. The van der Waals surface area contributed by atoms with Crippen molar-refractivity contribution in [2.24, 2.45) is 5.73 Å². The Morgan fingerprint density at radius 2 is 2.03 bits per heavy atom. The third kappa shape index (κ3) is 3.21. The topological polar surface area (TPSA) is 101 Å². The van der Waals surface area contributed by atoms with Crippen molar-refractivity contribution >= 4 is 28.2 Å². The number of nitrogens with two attached hydrogens (primary N) is 1. The summed E-state index contributed by atoms with van der Waals surface area (Å²) < 4.78 is 51.9. The number of anilines is 2. The number of rotatable bonds is 5. The molecule has 0 radical (unpaired) electrons. The maximum atomic E-state index is 13.0. The highest BCUT2D eigenvalue weighted by Gasteiger charge is 2.50. The van der Waals surface area contributed by atoms with Crippen LogP contribution in [0.1, 0.15) is 49.6 Å². The van der Waals surface area contributed by atoms with Crippen molar-refractivity contribution in [3.8, 4) is 0 Å². The van der Waals surface area contributed by atoms with E-state index in [-0.39, 0.29) is 5.69 Å². The predicted molar refractivity (Wildman–Crippen MR) is 105 cm³/mol. The number of amides is 1. The summed E-state index contributed by atoms with van der Waals surface area (Å²) in [5, 5.41) is 1.55. The average molecular weight is 439 g/mol. The molecule has 2 unspecified atom stereocenters. The fourth-order valence-electron chi connectivity index (χ4n) is 3.64. The average Bonchev–Trinajstić information content (AvgIpc) is 3.46. The van der Waals surface area contributed by atoms with E-state index in [2.05, 4.69) is 15.4 Å². The summed E-state index contributed by atoms with van der Waals surface area (Å²) in [5.74, 6) is 0.181. The molecule has 30 heavy (non-hydrogen) atoms. The normalized spacial score (nSPS) is 20.4. The maximum absolute atomic E-state index is 13.0. The van der Waals surface area contributed by atoms with E-state index in [9.17, 15) is 22.2 Å². The molecule has 3 N–H and O–H groups in total. The molecule has 2 aromatic rings. The van der Waals surface area contributed by atoms with Gasteiger partial charge in [-0.3, -0.25) is 24.4 Å². The van der Waals surface area contributed by atoms with E-state index in [1.807, 2.05) is 0 Å². The number of hydrazine groups is 1. The molecule has 4 rings (SSSR count). The first kappa shape index (κ1) is 20.6. The Morgan fingerprint density at radius 1 is 1.33 bits per heavy atom. The number of nitrogens with one attached hydrogen (secondary N) is 1. The Bertz CT molecular complexity index is 1050. The van der Waals surface area contributed by atoms with Crippen molar-refractivity contribution in [3.63, 3.8) is 0 Å². The number of hydrogen-bond donors (Lipinski definition) is 2. The Kier molecular flexibility index (Phi) is 4.75. The van der Waals surface area contributed by atoms with Crippen LogP contribution in [0.3, 0.4) is 0 Å². The number of carbonyl (C=O) groups excluding carboxylic acids is 1. The van der Waals surface area contributed by atoms with Gasteiger partial charge in [0.25, 0.3) is 0 Å². The number of pyridine rings is 2. The molecule has 1 aliphatic carbocycles. The molecule has 0 bridgehead atoms. The minimum atomic E-state index is -4.51. The van der Waals surface area contributed by atoms with Gasteiger partial charge in [-0.2, -0.15) is 13.2 Å². The van der Waals surface area contributed by atoms with Crippen LogP contribution >= 0.6 is 0 Å². The zero-order valence-electron chi connectivity index (χ0n) is 16.3. The lowest BCUT2D eigenvalue weighted by Crippen LogP contribution is -2.31. The summed E-state index contributed by atoms with van der Waals surface area (Å²) >= 11 is 0. The highest BCUT2D eigenvalue weighted by atomic mass is 32.2. The Labute approximate surface area is 173 Å². The Balaban J connectivity index is 1.75. The molecule has 0 spiro atoms. The number of aromatic nitrogens is 2. The Morgan fingerprint density at radius 3 is 2.60 bits per heavy atom. The molecule has 1 amide bonds. The van der Waals surface area contributed by atoms with Crippen molar-refractivity contribution in [1.29, 1.82) is 0 Å². The highest BCUT2D eigenvalue weighted by molar-refractivity contribution is 7.85. The monoisotopic (exact) mass is 439 g/mol. The fraction of sp³-hybridized carbons (Fsp3) is 0.421. The summed E-state index contributed by atoms with van der Waals surface area (Å²) in [4.78, 5) is 20.7. The molecule has 160 valence electrons. The largest absolute Gasteiger partial charge is 0.417 e. The van der Waals surface area contributed by atoms with E-state index in [1.165, 1.54) is 6.20 Å². The molecular weight excluding hydrogens is 419 g/mol. The summed E-state index contributed by atoms with van der Waals surface area (Å²) in [6.45, 7) is 3.51. The lowest BCUT2D eigenvalue weighted by molar-refractivity contribution is -0.137.